The standard InChI is InChI=1S/C15H17N3O3/c1-17(2)15(21)9-4-3-5-10(6-9)18-7-11-12(8-18)14(20)16-13(11)19/h3-6,11-12H,7-8H2,1-2H3,(H,16,19,20)/t11-,12+. The average Bonchev–Trinajstić information content (AvgIpc) is 3.01. The van der Waals surface area contributed by atoms with E-state index in [0.717, 1.165) is 5.69 Å². The van der Waals surface area contributed by atoms with Crippen molar-refractivity contribution in [3.63, 3.8) is 0 Å². The maximum absolute atomic E-state index is 12.0. The number of fused-ring (bicyclic) bond motifs is 1. The highest BCUT2D eigenvalue weighted by molar-refractivity contribution is 6.06. The summed E-state index contributed by atoms with van der Waals surface area (Å²) in [6.45, 7) is 1.03. The summed E-state index contributed by atoms with van der Waals surface area (Å²) in [5.74, 6) is -0.984. The second kappa shape index (κ2) is 4.87. The second-order valence-corrected chi connectivity index (χ2v) is 5.72. The Labute approximate surface area is 122 Å². The second-order valence-electron chi connectivity index (χ2n) is 5.72. The van der Waals surface area contributed by atoms with Crippen molar-refractivity contribution >= 4 is 23.4 Å². The molecule has 0 aromatic heterocycles. The summed E-state index contributed by atoms with van der Waals surface area (Å²) >= 11 is 0. The molecule has 2 atom stereocenters. The highest BCUT2D eigenvalue weighted by Crippen LogP contribution is 2.32. The first-order valence-electron chi connectivity index (χ1n) is 6.89. The Morgan fingerprint density at radius 1 is 1.19 bits per heavy atom. The molecule has 6 nitrogen and oxygen atoms in total. The Bertz CT molecular complexity index is 604. The number of benzene rings is 1. The average molecular weight is 287 g/mol. The van der Waals surface area contributed by atoms with Gasteiger partial charge in [0.15, 0.2) is 0 Å². The number of nitrogens with one attached hydrogen (secondary N) is 1. The Balaban J connectivity index is 1.83. The van der Waals surface area contributed by atoms with Crippen molar-refractivity contribution in [1.82, 2.24) is 10.2 Å². The number of rotatable bonds is 2. The van der Waals surface area contributed by atoms with Crippen LogP contribution in [-0.2, 0) is 9.59 Å². The molecule has 1 aromatic carbocycles. The zero-order chi connectivity index (χ0) is 15.1. The van der Waals surface area contributed by atoms with Gasteiger partial charge in [-0.1, -0.05) is 6.07 Å². The molecule has 0 aliphatic carbocycles. The minimum atomic E-state index is -0.272. The zero-order valence-corrected chi connectivity index (χ0v) is 12.0. The molecule has 2 heterocycles. The molecule has 2 fully saturated rings. The van der Waals surface area contributed by atoms with Crippen LogP contribution in [0.2, 0.25) is 0 Å². The molecule has 0 radical (unpaired) electrons. The summed E-state index contributed by atoms with van der Waals surface area (Å²) in [6.07, 6.45) is 0. The van der Waals surface area contributed by atoms with Crippen molar-refractivity contribution in [2.24, 2.45) is 11.8 Å². The maximum atomic E-state index is 12.0. The van der Waals surface area contributed by atoms with Crippen LogP contribution in [0.3, 0.4) is 0 Å². The molecule has 2 aliphatic heterocycles. The van der Waals surface area contributed by atoms with Gasteiger partial charge in [0.25, 0.3) is 5.91 Å². The molecule has 6 heteroatoms. The van der Waals surface area contributed by atoms with Gasteiger partial charge in [-0.15, -0.1) is 0 Å². The molecular weight excluding hydrogens is 270 g/mol. The predicted octanol–water partition coefficient (Wildman–Crippen LogP) is 0.0972. The number of hydrogen-bond acceptors (Lipinski definition) is 4. The van der Waals surface area contributed by atoms with E-state index in [0.29, 0.717) is 18.7 Å². The van der Waals surface area contributed by atoms with Gasteiger partial charge in [-0.2, -0.15) is 0 Å². The summed E-state index contributed by atoms with van der Waals surface area (Å²) in [6, 6.07) is 7.30. The Morgan fingerprint density at radius 3 is 2.38 bits per heavy atom. The van der Waals surface area contributed by atoms with Crippen molar-refractivity contribution in [3.8, 4) is 0 Å². The Kier molecular flexibility index (Phi) is 3.16. The van der Waals surface area contributed by atoms with Crippen LogP contribution in [0.5, 0.6) is 0 Å². The molecule has 3 rings (SSSR count). The van der Waals surface area contributed by atoms with Crippen LogP contribution < -0.4 is 10.2 Å². The third-order valence-corrected chi connectivity index (χ3v) is 4.10. The van der Waals surface area contributed by atoms with Crippen LogP contribution in [-0.4, -0.2) is 49.8 Å². The van der Waals surface area contributed by atoms with Gasteiger partial charge in [0.05, 0.1) is 11.8 Å². The van der Waals surface area contributed by atoms with Crippen molar-refractivity contribution < 1.29 is 14.4 Å². The lowest BCUT2D eigenvalue weighted by atomic mass is 10.00. The third kappa shape index (κ3) is 2.26. The van der Waals surface area contributed by atoms with Gasteiger partial charge in [-0.25, -0.2) is 0 Å². The number of anilines is 1. The highest BCUT2D eigenvalue weighted by atomic mass is 16.2. The fourth-order valence-electron chi connectivity index (χ4n) is 2.95. The van der Waals surface area contributed by atoms with E-state index < -0.39 is 0 Å². The molecule has 1 aromatic rings. The number of nitrogens with zero attached hydrogens (tertiary/aromatic N) is 2. The van der Waals surface area contributed by atoms with Crippen LogP contribution in [0.4, 0.5) is 5.69 Å². The van der Waals surface area contributed by atoms with Crippen molar-refractivity contribution in [3.05, 3.63) is 29.8 Å². The van der Waals surface area contributed by atoms with Gasteiger partial charge in [-0.3, -0.25) is 19.7 Å². The summed E-state index contributed by atoms with van der Waals surface area (Å²) in [4.78, 5) is 38.9. The van der Waals surface area contributed by atoms with Gasteiger partial charge in [0.2, 0.25) is 11.8 Å². The van der Waals surface area contributed by atoms with E-state index in [1.165, 1.54) is 4.90 Å². The summed E-state index contributed by atoms with van der Waals surface area (Å²) < 4.78 is 0. The topological polar surface area (TPSA) is 69.7 Å². The first-order chi connectivity index (χ1) is 9.97. The molecular formula is C15H17N3O3. The van der Waals surface area contributed by atoms with Crippen LogP contribution in [0.15, 0.2) is 24.3 Å². The highest BCUT2D eigenvalue weighted by Gasteiger charge is 2.47. The fraction of sp³-hybridized carbons (Fsp3) is 0.400. The smallest absolute Gasteiger partial charge is 0.253 e. The first kappa shape index (κ1) is 13.6. The van der Waals surface area contributed by atoms with Crippen LogP contribution >= 0.6 is 0 Å². The monoisotopic (exact) mass is 287 g/mol. The molecule has 110 valence electrons. The van der Waals surface area contributed by atoms with Crippen LogP contribution in [0.25, 0.3) is 0 Å². The number of amides is 3. The fourth-order valence-corrected chi connectivity index (χ4v) is 2.95. The van der Waals surface area contributed by atoms with Gasteiger partial charge >= 0.3 is 0 Å². The largest absolute Gasteiger partial charge is 0.370 e. The van der Waals surface area contributed by atoms with E-state index in [2.05, 4.69) is 5.32 Å². The quantitative estimate of drug-likeness (QED) is 0.783. The van der Waals surface area contributed by atoms with Gasteiger partial charge in [0, 0.05) is 38.4 Å². The molecule has 1 N–H and O–H groups in total. The van der Waals surface area contributed by atoms with Crippen LogP contribution in [0.1, 0.15) is 10.4 Å². The van der Waals surface area contributed by atoms with Gasteiger partial charge in [-0.05, 0) is 18.2 Å². The zero-order valence-electron chi connectivity index (χ0n) is 12.0. The molecule has 0 unspecified atom stereocenters. The SMILES string of the molecule is CN(C)C(=O)c1cccc(N2C[C@@H]3C(=O)NC(=O)[C@@H]3C2)c1. The minimum Gasteiger partial charge on any atom is -0.370 e. The Morgan fingerprint density at radius 2 is 1.81 bits per heavy atom. The van der Waals surface area contributed by atoms with E-state index in [1.807, 2.05) is 23.1 Å². The summed E-state index contributed by atoms with van der Waals surface area (Å²) in [7, 11) is 3.41. The van der Waals surface area contributed by atoms with E-state index >= 15 is 0 Å². The van der Waals surface area contributed by atoms with Gasteiger partial charge in [0.1, 0.15) is 0 Å². The first-order valence-corrected chi connectivity index (χ1v) is 6.89. The molecule has 21 heavy (non-hydrogen) atoms. The number of carbonyl (C=O) groups excluding carboxylic acids is 3. The normalized spacial score (nSPS) is 24.0. The van der Waals surface area contributed by atoms with E-state index in [1.54, 1.807) is 20.2 Å². The van der Waals surface area contributed by atoms with E-state index in [9.17, 15) is 14.4 Å². The van der Waals surface area contributed by atoms with E-state index in [-0.39, 0.29) is 29.6 Å². The molecule has 0 spiro atoms. The molecule has 0 bridgehead atoms. The van der Waals surface area contributed by atoms with Crippen LogP contribution in [0, 0.1) is 11.8 Å². The number of carbonyl (C=O) groups is 3. The van der Waals surface area contributed by atoms with Gasteiger partial charge < -0.3 is 9.80 Å². The van der Waals surface area contributed by atoms with Crippen molar-refractivity contribution in [2.75, 3.05) is 32.1 Å². The number of imide groups is 1. The van der Waals surface area contributed by atoms with Crippen molar-refractivity contribution in [2.45, 2.75) is 0 Å². The summed E-state index contributed by atoms with van der Waals surface area (Å²) in [5.41, 5.74) is 1.48. The minimum absolute atomic E-state index is 0.0648. The van der Waals surface area contributed by atoms with Crippen molar-refractivity contribution in [1.29, 1.82) is 0 Å². The number of hydrogen-bond donors (Lipinski definition) is 1. The summed E-state index contributed by atoms with van der Waals surface area (Å²) in [5, 5.41) is 2.37. The lowest BCUT2D eigenvalue weighted by Crippen LogP contribution is -2.31. The third-order valence-electron chi connectivity index (χ3n) is 4.10. The molecule has 3 amide bonds. The van der Waals surface area contributed by atoms with E-state index in [4.69, 9.17) is 0 Å². The molecule has 2 aliphatic rings. The lowest BCUT2D eigenvalue weighted by molar-refractivity contribution is -0.126. The Hall–Kier alpha value is -2.37. The lowest BCUT2D eigenvalue weighted by Gasteiger charge is -2.20. The predicted molar refractivity (Wildman–Crippen MR) is 76.8 cm³/mol. The maximum Gasteiger partial charge on any atom is 0.253 e. The molecule has 2 saturated heterocycles. The molecule has 0 saturated carbocycles.